The number of fused-ring (bicyclic) bond motifs is 2. The maximum Gasteiger partial charge on any atom is 0.227 e. The lowest BCUT2D eigenvalue weighted by Crippen LogP contribution is -2.18. The smallest absolute Gasteiger partial charge is 0.227 e. The van der Waals surface area contributed by atoms with Crippen LogP contribution < -0.4 is 10.0 Å². The molecule has 8 aromatic carbocycles. The van der Waals surface area contributed by atoms with Crippen LogP contribution in [0.4, 0.5) is 11.4 Å². The number of anilines is 2. The molecule has 2 aliphatic heterocycles. The first-order chi connectivity index (χ1) is 31.7. The van der Waals surface area contributed by atoms with Crippen molar-refractivity contribution in [2.75, 3.05) is 10.0 Å². The van der Waals surface area contributed by atoms with E-state index >= 15 is 0 Å². The first-order valence-electron chi connectivity index (χ1n) is 21.6. The average molecular weight is 829 g/mol. The fourth-order valence-electron chi connectivity index (χ4n) is 8.92. The van der Waals surface area contributed by atoms with Crippen molar-refractivity contribution in [3.05, 3.63) is 229 Å². The molecule has 0 aliphatic carbocycles. The van der Waals surface area contributed by atoms with E-state index in [1.807, 2.05) is 60.7 Å². The van der Waals surface area contributed by atoms with Crippen LogP contribution in [0.3, 0.4) is 0 Å². The van der Waals surface area contributed by atoms with Gasteiger partial charge in [0.2, 0.25) is 11.8 Å². The molecule has 2 atom stereocenters. The van der Waals surface area contributed by atoms with Crippen LogP contribution in [0.2, 0.25) is 0 Å². The predicted octanol–water partition coefficient (Wildman–Crippen LogP) is 13.7. The van der Waals surface area contributed by atoms with E-state index in [0.29, 0.717) is 11.8 Å². The van der Waals surface area contributed by atoms with Gasteiger partial charge in [0.15, 0.2) is 11.2 Å². The molecule has 0 fully saturated rings. The molecule has 0 N–H and O–H groups in total. The van der Waals surface area contributed by atoms with Crippen molar-refractivity contribution in [3.8, 4) is 34.0 Å². The van der Waals surface area contributed by atoms with Crippen molar-refractivity contribution >= 4 is 45.0 Å². The molecule has 0 radical (unpaired) electrons. The van der Waals surface area contributed by atoms with Crippen molar-refractivity contribution in [2.45, 2.75) is 24.9 Å². The molecule has 2 aromatic heterocycles. The minimum Gasteiger partial charge on any atom is -0.436 e. The summed E-state index contributed by atoms with van der Waals surface area (Å²) >= 11 is 0. The average Bonchev–Trinajstić information content (AvgIpc) is 4.20. The van der Waals surface area contributed by atoms with Crippen molar-refractivity contribution in [3.63, 3.8) is 0 Å². The highest BCUT2D eigenvalue weighted by molar-refractivity contribution is 6.04. The van der Waals surface area contributed by atoms with Crippen molar-refractivity contribution in [2.24, 2.45) is 10.2 Å². The van der Waals surface area contributed by atoms with Crippen LogP contribution >= 0.6 is 0 Å². The minimum absolute atomic E-state index is 0.0394. The number of nitrogens with zero attached hydrogens (tertiary/aromatic N) is 6. The number of aromatic nitrogens is 2. The molecule has 4 heterocycles. The summed E-state index contributed by atoms with van der Waals surface area (Å²) in [4.78, 5) is 9.41. The highest BCUT2D eigenvalue weighted by Crippen LogP contribution is 2.40. The largest absolute Gasteiger partial charge is 0.436 e. The van der Waals surface area contributed by atoms with Gasteiger partial charge in [-0.1, -0.05) is 133 Å². The van der Waals surface area contributed by atoms with E-state index in [1.54, 1.807) is 0 Å². The Kier molecular flexibility index (Phi) is 9.26. The van der Waals surface area contributed by atoms with Crippen LogP contribution in [0.25, 0.3) is 56.2 Å². The third-order valence-corrected chi connectivity index (χ3v) is 12.3. The first-order valence-corrected chi connectivity index (χ1v) is 21.6. The minimum atomic E-state index is 0.0394. The number of benzene rings is 8. The Morgan fingerprint density at radius 1 is 0.344 bits per heavy atom. The molecule has 8 heteroatoms. The molecule has 64 heavy (non-hydrogen) atoms. The van der Waals surface area contributed by atoms with Gasteiger partial charge in [-0.3, -0.25) is 10.0 Å². The Balaban J connectivity index is 0.770. The third kappa shape index (κ3) is 7.01. The second kappa shape index (κ2) is 15.8. The second-order valence-electron chi connectivity index (χ2n) is 16.3. The molecular formula is C56H40N6O2. The van der Waals surface area contributed by atoms with Gasteiger partial charge >= 0.3 is 0 Å². The Labute approximate surface area is 370 Å². The lowest BCUT2D eigenvalue weighted by Gasteiger charge is -2.24. The number of rotatable bonds is 9. The van der Waals surface area contributed by atoms with E-state index < -0.39 is 0 Å². The van der Waals surface area contributed by atoms with Crippen LogP contribution in [0.1, 0.15) is 47.2 Å². The van der Waals surface area contributed by atoms with Crippen LogP contribution in [-0.4, -0.2) is 21.4 Å². The predicted molar refractivity (Wildman–Crippen MR) is 256 cm³/mol. The van der Waals surface area contributed by atoms with Crippen molar-refractivity contribution in [1.82, 2.24) is 9.97 Å². The number of oxazole rings is 2. The van der Waals surface area contributed by atoms with Gasteiger partial charge in [0.25, 0.3) is 0 Å². The molecule has 0 saturated heterocycles. The van der Waals surface area contributed by atoms with Gasteiger partial charge in [0, 0.05) is 24.0 Å². The number of hydrogen-bond donors (Lipinski definition) is 0. The maximum atomic E-state index is 6.06. The molecule has 10 aromatic rings. The maximum absolute atomic E-state index is 6.06. The van der Waals surface area contributed by atoms with E-state index in [1.165, 1.54) is 11.1 Å². The number of para-hydroxylation sites is 6. The Morgan fingerprint density at radius 2 is 0.688 bits per heavy atom. The number of hydrazone groups is 2. The Hall–Kier alpha value is -8.36. The summed E-state index contributed by atoms with van der Waals surface area (Å²) in [5, 5.41) is 14.8. The van der Waals surface area contributed by atoms with Gasteiger partial charge in [0.05, 0.1) is 34.9 Å². The summed E-state index contributed by atoms with van der Waals surface area (Å²) in [7, 11) is 0. The quantitative estimate of drug-likeness (QED) is 0.144. The molecule has 306 valence electrons. The topological polar surface area (TPSA) is 83.3 Å². The van der Waals surface area contributed by atoms with Crippen LogP contribution in [-0.2, 0) is 0 Å². The van der Waals surface area contributed by atoms with E-state index in [-0.39, 0.29) is 12.1 Å². The molecule has 12 rings (SSSR count). The highest BCUT2D eigenvalue weighted by atomic mass is 16.4. The zero-order chi connectivity index (χ0) is 42.4. The normalized spacial score (nSPS) is 16.1. The summed E-state index contributed by atoms with van der Waals surface area (Å²) in [5.41, 5.74) is 16.3. The summed E-state index contributed by atoms with van der Waals surface area (Å²) in [6, 6.07) is 71.3. The molecule has 0 spiro atoms. The van der Waals surface area contributed by atoms with Crippen LogP contribution in [0.15, 0.2) is 225 Å². The van der Waals surface area contributed by atoms with Gasteiger partial charge < -0.3 is 8.83 Å². The molecule has 8 nitrogen and oxygen atoms in total. The van der Waals surface area contributed by atoms with E-state index in [9.17, 15) is 0 Å². The summed E-state index contributed by atoms with van der Waals surface area (Å²) < 4.78 is 12.1. The fraction of sp³-hybridized carbons (Fsp3) is 0.0714. The van der Waals surface area contributed by atoms with Gasteiger partial charge in [-0.2, -0.15) is 10.2 Å². The zero-order valence-corrected chi connectivity index (χ0v) is 34.7. The van der Waals surface area contributed by atoms with Crippen LogP contribution in [0, 0.1) is 0 Å². The van der Waals surface area contributed by atoms with E-state index in [0.717, 1.165) is 91.2 Å². The first kappa shape index (κ1) is 37.4. The lowest BCUT2D eigenvalue weighted by molar-refractivity contribution is 0.619. The molecule has 0 amide bonds. The highest BCUT2D eigenvalue weighted by Gasteiger charge is 2.32. The number of hydrogen-bond acceptors (Lipinski definition) is 8. The van der Waals surface area contributed by atoms with Crippen LogP contribution in [0.5, 0.6) is 0 Å². The van der Waals surface area contributed by atoms with Gasteiger partial charge in [-0.25, -0.2) is 9.97 Å². The van der Waals surface area contributed by atoms with Crippen molar-refractivity contribution in [1.29, 1.82) is 0 Å². The zero-order valence-electron chi connectivity index (χ0n) is 34.7. The monoisotopic (exact) mass is 828 g/mol. The van der Waals surface area contributed by atoms with Crippen molar-refractivity contribution < 1.29 is 8.83 Å². The van der Waals surface area contributed by atoms with Gasteiger partial charge in [-0.05, 0) is 106 Å². The molecule has 2 unspecified atom stereocenters. The van der Waals surface area contributed by atoms with E-state index in [4.69, 9.17) is 29.0 Å². The molecule has 0 bridgehead atoms. The molecule has 2 aliphatic rings. The molecular weight excluding hydrogens is 789 g/mol. The van der Waals surface area contributed by atoms with Gasteiger partial charge in [-0.15, -0.1) is 0 Å². The molecule has 0 saturated carbocycles. The SMILES string of the molecule is c1ccc(N2N=C(c3ccc(-c4ccc(C5=NN(c6ccccc6)C(c6ccc(-c7nc8ccccc8o7)cc6)C5)cc4)cc3)CC2c2ccc(-c3nc4ccccc4o3)cc2)cc1. The fourth-order valence-corrected chi connectivity index (χ4v) is 8.92. The summed E-state index contributed by atoms with van der Waals surface area (Å²) in [6.07, 6.45) is 1.55. The Morgan fingerprint density at radius 3 is 1.08 bits per heavy atom. The summed E-state index contributed by atoms with van der Waals surface area (Å²) in [5.74, 6) is 1.25. The van der Waals surface area contributed by atoms with E-state index in [2.05, 4.69) is 156 Å². The second-order valence-corrected chi connectivity index (χ2v) is 16.3. The third-order valence-electron chi connectivity index (χ3n) is 12.3. The Bertz CT molecular complexity index is 3030. The lowest BCUT2D eigenvalue weighted by atomic mass is 9.95. The summed E-state index contributed by atoms with van der Waals surface area (Å²) in [6.45, 7) is 0. The standard InChI is InChI=1S/C56H40N6O2/c1-3-11-45(12-4-1)61-51(41-27-31-43(32-28-41)55-57-47-15-7-9-17-53(47)63-55)35-49(59-61)39-23-19-37(20-24-39)38-21-25-40(26-22-38)50-36-52(62(60-50)46-13-5-2-6-14-46)42-29-33-44(34-30-42)56-58-48-16-8-10-18-54(48)64-56/h1-34,51-52H,35-36H2. The van der Waals surface area contributed by atoms with Gasteiger partial charge in [0.1, 0.15) is 11.0 Å².